The molecule has 8 heteroatoms. The first-order valence-corrected chi connectivity index (χ1v) is 6.26. The Kier molecular flexibility index (Phi) is 4.00. The molecule has 0 aliphatic heterocycles. The zero-order chi connectivity index (χ0) is 13.1. The summed E-state index contributed by atoms with van der Waals surface area (Å²) in [5.74, 6) is -0.616. The van der Waals surface area contributed by atoms with Gasteiger partial charge in [-0.2, -0.15) is 0 Å². The Hall–Kier alpha value is -1.37. The van der Waals surface area contributed by atoms with Gasteiger partial charge < -0.3 is 5.32 Å². The summed E-state index contributed by atoms with van der Waals surface area (Å²) in [7, 11) is 0. The van der Waals surface area contributed by atoms with E-state index in [0.717, 1.165) is 17.4 Å². The number of anilines is 2. The largest absolute Gasteiger partial charge is 0.325 e. The number of carbonyl (C=O) groups is 1. The lowest BCUT2D eigenvalue weighted by molar-refractivity contribution is 0.262. The fraction of sp³-hybridized carbons (Fsp3) is 0. The van der Waals surface area contributed by atoms with E-state index in [1.165, 1.54) is 18.3 Å². The van der Waals surface area contributed by atoms with Crippen molar-refractivity contribution in [3.63, 3.8) is 0 Å². The average Bonchev–Trinajstić information content (AvgIpc) is 2.68. The molecule has 0 unspecified atom stereocenters. The zero-order valence-corrected chi connectivity index (χ0v) is 11.0. The highest BCUT2D eigenvalue weighted by molar-refractivity contribution is 7.19. The van der Waals surface area contributed by atoms with Crippen molar-refractivity contribution in [2.24, 2.45) is 0 Å². The first kappa shape index (κ1) is 13.1. The van der Waals surface area contributed by atoms with Crippen molar-refractivity contribution >= 4 is 51.4 Å². The lowest BCUT2D eigenvalue weighted by Crippen LogP contribution is -2.19. The Morgan fingerprint density at radius 3 is 2.72 bits per heavy atom. The van der Waals surface area contributed by atoms with Crippen molar-refractivity contribution in [2.75, 3.05) is 10.6 Å². The normalized spacial score (nSPS) is 10.2. The summed E-state index contributed by atoms with van der Waals surface area (Å²) in [6.45, 7) is 0. The Balaban J connectivity index is 2.03. The summed E-state index contributed by atoms with van der Waals surface area (Å²) in [5.41, 5.74) is 0.0274. The molecular formula is C10H6Cl2FN3OS. The number of urea groups is 1. The van der Waals surface area contributed by atoms with Crippen LogP contribution in [0.2, 0.25) is 9.36 Å². The minimum absolute atomic E-state index is 0.0274. The Morgan fingerprint density at radius 1 is 1.33 bits per heavy atom. The van der Waals surface area contributed by atoms with E-state index in [9.17, 15) is 9.18 Å². The van der Waals surface area contributed by atoms with Gasteiger partial charge in [0.15, 0.2) is 5.13 Å². The number of thiazole rings is 1. The molecule has 2 N–H and O–H groups in total. The van der Waals surface area contributed by atoms with Crippen LogP contribution in [0.4, 0.5) is 20.0 Å². The van der Waals surface area contributed by atoms with E-state index in [4.69, 9.17) is 23.2 Å². The van der Waals surface area contributed by atoms with Crippen LogP contribution >= 0.6 is 34.5 Å². The highest BCUT2D eigenvalue weighted by Crippen LogP contribution is 2.23. The minimum Gasteiger partial charge on any atom is -0.305 e. The van der Waals surface area contributed by atoms with Crippen molar-refractivity contribution in [2.45, 2.75) is 0 Å². The number of halogens is 3. The second-order valence-corrected chi connectivity index (χ2v) is 5.27. The number of nitrogens with zero attached hydrogens (tertiary/aromatic N) is 1. The first-order chi connectivity index (χ1) is 8.54. The summed E-state index contributed by atoms with van der Waals surface area (Å²) < 4.78 is 13.8. The van der Waals surface area contributed by atoms with E-state index in [1.54, 1.807) is 0 Å². The molecule has 1 aromatic heterocycles. The van der Waals surface area contributed by atoms with E-state index in [1.807, 2.05) is 0 Å². The molecule has 1 heterocycles. The lowest BCUT2D eigenvalue weighted by Gasteiger charge is -2.06. The second kappa shape index (κ2) is 5.51. The van der Waals surface area contributed by atoms with Crippen molar-refractivity contribution in [1.82, 2.24) is 4.98 Å². The Labute approximate surface area is 116 Å². The lowest BCUT2D eigenvalue weighted by atomic mass is 10.3. The predicted molar refractivity (Wildman–Crippen MR) is 71.2 cm³/mol. The summed E-state index contributed by atoms with van der Waals surface area (Å²) >= 11 is 12.4. The van der Waals surface area contributed by atoms with Crippen LogP contribution in [0.5, 0.6) is 0 Å². The molecule has 2 amide bonds. The summed E-state index contributed by atoms with van der Waals surface area (Å²) in [4.78, 5) is 15.4. The monoisotopic (exact) mass is 305 g/mol. The molecule has 18 heavy (non-hydrogen) atoms. The number of hydrogen-bond acceptors (Lipinski definition) is 3. The van der Waals surface area contributed by atoms with Crippen molar-refractivity contribution < 1.29 is 9.18 Å². The standard InChI is InChI=1S/C10H6Cl2FN3OS/c11-5-1-2-7(6(13)3-5)15-9(17)16-10-14-4-8(12)18-10/h1-4H,(H2,14,15,16,17). The van der Waals surface area contributed by atoms with Crippen LogP contribution in [0, 0.1) is 5.82 Å². The fourth-order valence-electron chi connectivity index (χ4n) is 1.15. The number of amides is 2. The van der Waals surface area contributed by atoms with Gasteiger partial charge >= 0.3 is 6.03 Å². The van der Waals surface area contributed by atoms with Gasteiger partial charge in [0.05, 0.1) is 11.9 Å². The smallest absolute Gasteiger partial charge is 0.305 e. The molecule has 0 spiro atoms. The SMILES string of the molecule is O=C(Nc1ncc(Cl)s1)Nc1ccc(Cl)cc1F. The molecule has 1 aromatic carbocycles. The third-order valence-electron chi connectivity index (χ3n) is 1.88. The van der Waals surface area contributed by atoms with Crippen LogP contribution in [0.15, 0.2) is 24.4 Å². The van der Waals surface area contributed by atoms with Crippen molar-refractivity contribution in [1.29, 1.82) is 0 Å². The maximum atomic E-state index is 13.4. The third kappa shape index (κ3) is 3.32. The second-order valence-electron chi connectivity index (χ2n) is 3.17. The maximum Gasteiger partial charge on any atom is 0.325 e. The van der Waals surface area contributed by atoms with Crippen LogP contribution in [0.25, 0.3) is 0 Å². The number of benzene rings is 1. The molecule has 0 saturated heterocycles. The van der Waals surface area contributed by atoms with Gasteiger partial charge in [0.2, 0.25) is 0 Å². The van der Waals surface area contributed by atoms with Crippen LogP contribution in [-0.4, -0.2) is 11.0 Å². The number of rotatable bonds is 2. The molecule has 0 bridgehead atoms. The predicted octanol–water partition coefficient (Wildman–Crippen LogP) is 4.23. The van der Waals surface area contributed by atoms with Gasteiger partial charge in [0.1, 0.15) is 10.2 Å². The molecule has 0 fully saturated rings. The van der Waals surface area contributed by atoms with E-state index < -0.39 is 11.8 Å². The topological polar surface area (TPSA) is 54.0 Å². The molecule has 0 radical (unpaired) electrons. The van der Waals surface area contributed by atoms with Crippen molar-refractivity contribution in [3.8, 4) is 0 Å². The molecule has 0 aliphatic carbocycles. The highest BCUT2D eigenvalue weighted by Gasteiger charge is 2.09. The average molecular weight is 306 g/mol. The first-order valence-electron chi connectivity index (χ1n) is 4.69. The Morgan fingerprint density at radius 2 is 2.11 bits per heavy atom. The maximum absolute atomic E-state index is 13.4. The molecular weight excluding hydrogens is 300 g/mol. The molecule has 0 atom stereocenters. The summed E-state index contributed by atoms with van der Waals surface area (Å²) in [6, 6.07) is 3.34. The van der Waals surface area contributed by atoms with Gasteiger partial charge in [-0.3, -0.25) is 5.32 Å². The third-order valence-corrected chi connectivity index (χ3v) is 3.14. The quantitative estimate of drug-likeness (QED) is 0.872. The van der Waals surface area contributed by atoms with E-state index in [2.05, 4.69) is 15.6 Å². The van der Waals surface area contributed by atoms with E-state index >= 15 is 0 Å². The fourth-order valence-corrected chi connectivity index (χ4v) is 2.12. The van der Waals surface area contributed by atoms with Crippen molar-refractivity contribution in [3.05, 3.63) is 39.6 Å². The number of nitrogens with one attached hydrogen (secondary N) is 2. The highest BCUT2D eigenvalue weighted by atomic mass is 35.5. The van der Waals surface area contributed by atoms with Gasteiger partial charge in [-0.25, -0.2) is 14.2 Å². The van der Waals surface area contributed by atoms with Crippen LogP contribution in [-0.2, 0) is 0 Å². The van der Waals surface area contributed by atoms with Gasteiger partial charge in [-0.05, 0) is 18.2 Å². The van der Waals surface area contributed by atoms with E-state index in [0.29, 0.717) is 9.47 Å². The molecule has 0 aliphatic rings. The molecule has 2 rings (SSSR count). The number of carbonyl (C=O) groups excluding carboxylic acids is 1. The van der Waals surface area contributed by atoms with Gasteiger partial charge in [-0.15, -0.1) is 0 Å². The van der Waals surface area contributed by atoms with Gasteiger partial charge in [0, 0.05) is 5.02 Å². The van der Waals surface area contributed by atoms with Gasteiger partial charge in [0.25, 0.3) is 0 Å². The van der Waals surface area contributed by atoms with Crippen LogP contribution in [0.1, 0.15) is 0 Å². The summed E-state index contributed by atoms with van der Waals surface area (Å²) in [6.07, 6.45) is 1.41. The molecule has 0 saturated carbocycles. The Bertz CT molecular complexity index is 590. The summed E-state index contributed by atoms with van der Waals surface area (Å²) in [5, 5.41) is 5.34. The van der Waals surface area contributed by atoms with Crippen LogP contribution < -0.4 is 10.6 Å². The number of aromatic nitrogens is 1. The molecule has 4 nitrogen and oxygen atoms in total. The van der Waals surface area contributed by atoms with Gasteiger partial charge in [-0.1, -0.05) is 34.5 Å². The minimum atomic E-state index is -0.616. The van der Waals surface area contributed by atoms with E-state index in [-0.39, 0.29) is 10.7 Å². The number of hydrogen-bond donors (Lipinski definition) is 2. The zero-order valence-electron chi connectivity index (χ0n) is 8.71. The molecule has 2 aromatic rings. The van der Waals surface area contributed by atoms with Crippen LogP contribution in [0.3, 0.4) is 0 Å². The molecule has 94 valence electrons.